The van der Waals surface area contributed by atoms with E-state index in [0.29, 0.717) is 17.3 Å². The minimum atomic E-state index is -0.845. The molecule has 1 rings (SSSR count). The number of hydrogen-bond donors (Lipinski definition) is 3. The highest BCUT2D eigenvalue weighted by Gasteiger charge is 2.19. The predicted molar refractivity (Wildman–Crippen MR) is 76.9 cm³/mol. The van der Waals surface area contributed by atoms with Gasteiger partial charge < -0.3 is 15.4 Å². The van der Waals surface area contributed by atoms with Gasteiger partial charge in [0.1, 0.15) is 5.75 Å². The van der Waals surface area contributed by atoms with Gasteiger partial charge in [-0.25, -0.2) is 4.79 Å². The molecular formula is C13H18ClN3O3. The molecule has 3 amide bonds. The fraction of sp³-hybridized carbons (Fsp3) is 0.385. The Kier molecular flexibility index (Phi) is 6.27. The van der Waals surface area contributed by atoms with Gasteiger partial charge >= 0.3 is 6.03 Å². The summed E-state index contributed by atoms with van der Waals surface area (Å²) < 4.78 is 5.57. The molecule has 0 radical (unpaired) electrons. The number of halogens is 1. The number of rotatable bonds is 5. The summed E-state index contributed by atoms with van der Waals surface area (Å²) in [6.07, 6.45) is -0.845. The Morgan fingerprint density at radius 1 is 1.35 bits per heavy atom. The number of nitrogens with one attached hydrogen (secondary N) is 3. The largest absolute Gasteiger partial charge is 0.479 e. The number of urea groups is 1. The molecule has 0 fully saturated rings. The molecule has 0 aliphatic carbocycles. The van der Waals surface area contributed by atoms with Gasteiger partial charge in [-0.3, -0.25) is 10.1 Å². The van der Waals surface area contributed by atoms with Crippen LogP contribution in [0.1, 0.15) is 12.5 Å². The van der Waals surface area contributed by atoms with E-state index in [1.165, 1.54) is 7.05 Å². The van der Waals surface area contributed by atoms with Crippen LogP contribution in [0.3, 0.4) is 0 Å². The van der Waals surface area contributed by atoms with Crippen LogP contribution >= 0.6 is 11.6 Å². The molecule has 1 atom stereocenters. The van der Waals surface area contributed by atoms with Gasteiger partial charge in [0.25, 0.3) is 5.91 Å². The van der Waals surface area contributed by atoms with Crippen molar-refractivity contribution in [1.29, 1.82) is 0 Å². The lowest BCUT2D eigenvalue weighted by Gasteiger charge is -2.17. The van der Waals surface area contributed by atoms with Crippen molar-refractivity contribution in [3.05, 3.63) is 28.8 Å². The van der Waals surface area contributed by atoms with Gasteiger partial charge in [-0.2, -0.15) is 0 Å². The van der Waals surface area contributed by atoms with Gasteiger partial charge in [0.15, 0.2) is 6.10 Å². The summed E-state index contributed by atoms with van der Waals surface area (Å²) in [4.78, 5) is 22.8. The van der Waals surface area contributed by atoms with Crippen LogP contribution in [0.2, 0.25) is 5.02 Å². The van der Waals surface area contributed by atoms with Gasteiger partial charge in [-0.15, -0.1) is 0 Å². The third kappa shape index (κ3) is 4.40. The van der Waals surface area contributed by atoms with Crippen LogP contribution in [-0.2, 0) is 11.3 Å². The lowest BCUT2D eigenvalue weighted by atomic mass is 10.2. The second-order valence-electron chi connectivity index (χ2n) is 4.09. The summed E-state index contributed by atoms with van der Waals surface area (Å²) in [7, 11) is 3.22. The lowest BCUT2D eigenvalue weighted by molar-refractivity contribution is -0.126. The summed E-state index contributed by atoms with van der Waals surface area (Å²) >= 11 is 6.08. The molecular weight excluding hydrogens is 282 g/mol. The summed E-state index contributed by atoms with van der Waals surface area (Å²) in [6, 6.07) is 4.75. The standard InChI is InChI=1S/C13H18ClN3O3/c1-8(12(18)17-13(19)16-3)20-11-9(7-15-2)5-4-6-10(11)14/h4-6,8,15H,7H2,1-3H3,(H2,16,17,18,19). The Morgan fingerprint density at radius 3 is 2.65 bits per heavy atom. The molecule has 0 bridgehead atoms. The van der Waals surface area contributed by atoms with E-state index < -0.39 is 18.0 Å². The number of carbonyl (C=O) groups is 2. The number of hydrogen-bond acceptors (Lipinski definition) is 4. The Bertz CT molecular complexity index is 494. The van der Waals surface area contributed by atoms with E-state index in [9.17, 15) is 9.59 Å². The molecule has 0 saturated heterocycles. The second-order valence-corrected chi connectivity index (χ2v) is 4.49. The van der Waals surface area contributed by atoms with Crippen molar-refractivity contribution in [2.45, 2.75) is 19.6 Å². The molecule has 0 spiro atoms. The molecule has 6 nitrogen and oxygen atoms in total. The van der Waals surface area contributed by atoms with E-state index >= 15 is 0 Å². The first-order valence-corrected chi connectivity index (χ1v) is 6.48. The quantitative estimate of drug-likeness (QED) is 0.765. The molecule has 1 aromatic rings. The average Bonchev–Trinajstić information content (AvgIpc) is 2.42. The molecule has 0 aromatic heterocycles. The number of carbonyl (C=O) groups excluding carboxylic acids is 2. The van der Waals surface area contributed by atoms with Gasteiger partial charge in [0, 0.05) is 19.2 Å². The Hall–Kier alpha value is -1.79. The average molecular weight is 300 g/mol. The van der Waals surface area contributed by atoms with Crippen LogP contribution in [0.15, 0.2) is 18.2 Å². The fourth-order valence-electron chi connectivity index (χ4n) is 1.52. The van der Waals surface area contributed by atoms with Crippen LogP contribution in [0.25, 0.3) is 0 Å². The maximum absolute atomic E-state index is 11.7. The molecule has 0 aliphatic rings. The monoisotopic (exact) mass is 299 g/mol. The van der Waals surface area contributed by atoms with Crippen LogP contribution in [0.5, 0.6) is 5.75 Å². The number of para-hydroxylation sites is 1. The number of amides is 3. The van der Waals surface area contributed by atoms with E-state index in [1.807, 2.05) is 6.07 Å². The first-order chi connectivity index (χ1) is 9.49. The van der Waals surface area contributed by atoms with Crippen LogP contribution < -0.4 is 20.7 Å². The van der Waals surface area contributed by atoms with Crippen molar-refractivity contribution >= 4 is 23.5 Å². The van der Waals surface area contributed by atoms with Crippen molar-refractivity contribution in [3.63, 3.8) is 0 Å². The van der Waals surface area contributed by atoms with Gasteiger partial charge in [-0.05, 0) is 20.0 Å². The molecule has 0 aliphatic heterocycles. The molecule has 0 saturated carbocycles. The SMILES string of the molecule is CNCc1cccc(Cl)c1OC(C)C(=O)NC(=O)NC. The van der Waals surface area contributed by atoms with E-state index in [0.717, 1.165) is 5.56 Å². The van der Waals surface area contributed by atoms with E-state index in [2.05, 4.69) is 16.0 Å². The van der Waals surface area contributed by atoms with Crippen molar-refractivity contribution < 1.29 is 14.3 Å². The van der Waals surface area contributed by atoms with Crippen LogP contribution in [-0.4, -0.2) is 32.1 Å². The Balaban J connectivity index is 2.81. The molecule has 20 heavy (non-hydrogen) atoms. The van der Waals surface area contributed by atoms with Gasteiger partial charge in [-0.1, -0.05) is 23.7 Å². The first-order valence-electron chi connectivity index (χ1n) is 6.10. The number of benzene rings is 1. The third-order valence-corrected chi connectivity index (χ3v) is 2.84. The van der Waals surface area contributed by atoms with Crippen LogP contribution in [0.4, 0.5) is 4.79 Å². The van der Waals surface area contributed by atoms with Crippen molar-refractivity contribution in [2.75, 3.05) is 14.1 Å². The molecule has 7 heteroatoms. The van der Waals surface area contributed by atoms with Gasteiger partial charge in [0.05, 0.1) is 5.02 Å². The summed E-state index contributed by atoms with van der Waals surface area (Å²) in [5, 5.41) is 7.85. The molecule has 1 unspecified atom stereocenters. The van der Waals surface area contributed by atoms with Crippen LogP contribution in [0, 0.1) is 0 Å². The summed E-state index contributed by atoms with van der Waals surface area (Å²) in [5.74, 6) is -0.109. The van der Waals surface area contributed by atoms with Crippen molar-refractivity contribution in [2.24, 2.45) is 0 Å². The minimum Gasteiger partial charge on any atom is -0.479 e. The second kappa shape index (κ2) is 7.72. The van der Waals surface area contributed by atoms with E-state index in [4.69, 9.17) is 16.3 Å². The summed E-state index contributed by atoms with van der Waals surface area (Å²) in [6.45, 7) is 2.10. The zero-order valence-electron chi connectivity index (χ0n) is 11.6. The van der Waals surface area contributed by atoms with E-state index in [-0.39, 0.29) is 0 Å². The predicted octanol–water partition coefficient (Wildman–Crippen LogP) is 1.28. The normalized spacial score (nSPS) is 11.6. The smallest absolute Gasteiger partial charge is 0.321 e. The Morgan fingerprint density at radius 2 is 2.05 bits per heavy atom. The van der Waals surface area contributed by atoms with E-state index in [1.54, 1.807) is 26.1 Å². The fourth-order valence-corrected chi connectivity index (χ4v) is 1.76. The number of ether oxygens (including phenoxy) is 1. The van der Waals surface area contributed by atoms with Gasteiger partial charge in [0.2, 0.25) is 0 Å². The molecule has 110 valence electrons. The van der Waals surface area contributed by atoms with Crippen molar-refractivity contribution in [1.82, 2.24) is 16.0 Å². The maximum Gasteiger partial charge on any atom is 0.321 e. The maximum atomic E-state index is 11.7. The molecule has 1 aromatic carbocycles. The molecule has 0 heterocycles. The highest BCUT2D eigenvalue weighted by molar-refractivity contribution is 6.32. The highest BCUT2D eigenvalue weighted by atomic mass is 35.5. The zero-order valence-corrected chi connectivity index (χ0v) is 12.4. The third-order valence-electron chi connectivity index (χ3n) is 2.54. The highest BCUT2D eigenvalue weighted by Crippen LogP contribution is 2.29. The minimum absolute atomic E-state index is 0.414. The molecule has 3 N–H and O–H groups in total. The zero-order chi connectivity index (χ0) is 15.1. The number of imide groups is 1. The van der Waals surface area contributed by atoms with Crippen molar-refractivity contribution in [3.8, 4) is 5.75 Å². The first kappa shape index (κ1) is 16.3. The topological polar surface area (TPSA) is 79.5 Å². The summed E-state index contributed by atoms with van der Waals surface area (Å²) in [5.41, 5.74) is 0.833. The lowest BCUT2D eigenvalue weighted by Crippen LogP contribution is -2.44. The Labute approximate surface area is 122 Å².